The highest BCUT2D eigenvalue weighted by molar-refractivity contribution is 6.30. The Morgan fingerprint density at radius 3 is 3.08 bits per heavy atom. The van der Waals surface area contributed by atoms with Gasteiger partial charge in [-0.3, -0.25) is 4.79 Å². The molecule has 60 valence electrons. The molecular weight excluding hydrogens is 178 g/mol. The molecule has 12 heavy (non-hydrogen) atoms. The van der Waals surface area contributed by atoms with Crippen molar-refractivity contribution in [3.8, 4) is 0 Å². The molecule has 0 radical (unpaired) electrons. The van der Waals surface area contributed by atoms with Gasteiger partial charge in [0.25, 0.3) is 0 Å². The number of halogens is 1. The summed E-state index contributed by atoms with van der Waals surface area (Å²) in [7, 11) is 0. The summed E-state index contributed by atoms with van der Waals surface area (Å²) < 4.78 is 0. The van der Waals surface area contributed by atoms with Crippen LogP contribution in [0.4, 0.5) is 0 Å². The third-order valence-corrected chi connectivity index (χ3v) is 1.75. The van der Waals surface area contributed by atoms with Gasteiger partial charge >= 0.3 is 0 Å². The topological polar surface area (TPSA) is 58.6 Å². The fourth-order valence-electron chi connectivity index (χ4n) is 1.02. The summed E-state index contributed by atoms with van der Waals surface area (Å²) >= 11 is 5.60. The van der Waals surface area contributed by atoms with E-state index in [1.807, 2.05) is 0 Å². The normalized spacial score (nSPS) is 10.4. The lowest BCUT2D eigenvalue weighted by atomic mass is 10.2. The lowest BCUT2D eigenvalue weighted by molar-refractivity contribution is 0.112. The molecule has 5 heteroatoms. The monoisotopic (exact) mass is 181 g/mol. The van der Waals surface area contributed by atoms with E-state index in [4.69, 9.17) is 11.6 Å². The van der Waals surface area contributed by atoms with Gasteiger partial charge in [-0.25, -0.2) is 0 Å². The summed E-state index contributed by atoms with van der Waals surface area (Å²) in [6, 6.07) is 1.60. The first-order chi connectivity index (χ1) is 5.81. The van der Waals surface area contributed by atoms with Crippen LogP contribution < -0.4 is 0 Å². The fraction of sp³-hybridized carbons (Fsp3) is 0. The predicted octanol–water partition coefficient (Wildman–Crippen LogP) is 1.42. The van der Waals surface area contributed by atoms with Crippen molar-refractivity contribution in [2.75, 3.05) is 0 Å². The van der Waals surface area contributed by atoms with Gasteiger partial charge in [-0.15, -0.1) is 10.2 Å². The van der Waals surface area contributed by atoms with Gasteiger partial charge in [-0.2, -0.15) is 0 Å². The Bertz CT molecular complexity index is 437. The average Bonchev–Trinajstić information content (AvgIpc) is 2.46. The number of nitrogens with zero attached hydrogens (tertiary/aromatic N) is 2. The average molecular weight is 182 g/mol. The highest BCUT2D eigenvalue weighted by Crippen LogP contribution is 2.16. The lowest BCUT2D eigenvalue weighted by Crippen LogP contribution is -1.83. The van der Waals surface area contributed by atoms with Gasteiger partial charge in [0.15, 0.2) is 17.1 Å². The number of hydrogen-bond donors (Lipinski definition) is 1. The van der Waals surface area contributed by atoms with Crippen LogP contribution in [0.25, 0.3) is 11.0 Å². The van der Waals surface area contributed by atoms with Gasteiger partial charge in [-0.1, -0.05) is 11.6 Å². The van der Waals surface area contributed by atoms with Crippen molar-refractivity contribution in [2.24, 2.45) is 0 Å². The molecule has 0 unspecified atom stereocenters. The van der Waals surface area contributed by atoms with Crippen LogP contribution in [0.3, 0.4) is 0 Å². The summed E-state index contributed by atoms with van der Waals surface area (Å²) in [5.41, 5.74) is 1.11. The van der Waals surface area contributed by atoms with E-state index < -0.39 is 0 Å². The number of aromatic nitrogens is 3. The number of aromatic amines is 1. The van der Waals surface area contributed by atoms with Crippen molar-refractivity contribution in [1.82, 2.24) is 15.2 Å². The van der Waals surface area contributed by atoms with Gasteiger partial charge < -0.3 is 4.98 Å². The molecule has 0 amide bonds. The zero-order valence-corrected chi connectivity index (χ0v) is 6.67. The van der Waals surface area contributed by atoms with Crippen LogP contribution >= 0.6 is 11.6 Å². The first-order valence-corrected chi connectivity index (χ1v) is 3.64. The Morgan fingerprint density at radius 2 is 2.33 bits per heavy atom. The Balaban J connectivity index is 2.83. The zero-order chi connectivity index (χ0) is 8.55. The number of carbonyl (C=O) groups excluding carboxylic acids is 1. The van der Waals surface area contributed by atoms with Crippen LogP contribution in [0.15, 0.2) is 12.3 Å². The number of fused-ring (bicyclic) bond motifs is 1. The highest BCUT2D eigenvalue weighted by atomic mass is 35.5. The van der Waals surface area contributed by atoms with Crippen LogP contribution in [-0.4, -0.2) is 21.5 Å². The largest absolute Gasteiger partial charge is 0.344 e. The molecule has 0 saturated carbocycles. The number of aldehydes is 1. The summed E-state index contributed by atoms with van der Waals surface area (Å²) in [6.07, 6.45) is 2.32. The Kier molecular flexibility index (Phi) is 1.55. The van der Waals surface area contributed by atoms with Gasteiger partial charge in [-0.05, 0) is 6.07 Å². The highest BCUT2D eigenvalue weighted by Gasteiger charge is 2.04. The molecule has 0 aliphatic carbocycles. The molecule has 2 aromatic rings. The molecule has 0 aliphatic rings. The second-order valence-corrected chi connectivity index (χ2v) is 2.68. The van der Waals surface area contributed by atoms with Crippen molar-refractivity contribution >= 4 is 28.9 Å². The van der Waals surface area contributed by atoms with E-state index in [9.17, 15) is 4.79 Å². The maximum atomic E-state index is 10.5. The van der Waals surface area contributed by atoms with Gasteiger partial charge in [0, 0.05) is 17.1 Å². The molecule has 0 aliphatic heterocycles. The van der Waals surface area contributed by atoms with Crippen molar-refractivity contribution < 1.29 is 4.79 Å². The molecule has 0 atom stereocenters. The zero-order valence-electron chi connectivity index (χ0n) is 5.91. The molecule has 0 saturated heterocycles. The Hall–Kier alpha value is -1.42. The minimum Gasteiger partial charge on any atom is -0.344 e. The SMILES string of the molecule is O=Cc1c[nH]c2nnc(Cl)cc12. The number of hydrogen-bond acceptors (Lipinski definition) is 3. The predicted molar refractivity (Wildman–Crippen MR) is 44.3 cm³/mol. The molecule has 1 N–H and O–H groups in total. The molecule has 0 bridgehead atoms. The van der Waals surface area contributed by atoms with E-state index in [1.165, 1.54) is 0 Å². The maximum absolute atomic E-state index is 10.5. The van der Waals surface area contributed by atoms with Crippen LogP contribution in [0.2, 0.25) is 5.15 Å². The van der Waals surface area contributed by atoms with E-state index in [-0.39, 0.29) is 5.15 Å². The summed E-state index contributed by atoms with van der Waals surface area (Å²) in [6.45, 7) is 0. The van der Waals surface area contributed by atoms with Crippen LogP contribution in [0.5, 0.6) is 0 Å². The summed E-state index contributed by atoms with van der Waals surface area (Å²) in [4.78, 5) is 13.3. The van der Waals surface area contributed by atoms with Crippen molar-refractivity contribution in [2.45, 2.75) is 0 Å². The first kappa shape index (κ1) is 7.24. The maximum Gasteiger partial charge on any atom is 0.160 e. The van der Waals surface area contributed by atoms with E-state index in [0.717, 1.165) is 6.29 Å². The van der Waals surface area contributed by atoms with E-state index in [2.05, 4.69) is 15.2 Å². The van der Waals surface area contributed by atoms with Crippen LogP contribution in [-0.2, 0) is 0 Å². The summed E-state index contributed by atoms with van der Waals surface area (Å²) in [5, 5.41) is 8.36. The van der Waals surface area contributed by atoms with E-state index >= 15 is 0 Å². The van der Waals surface area contributed by atoms with Gasteiger partial charge in [0.2, 0.25) is 0 Å². The second kappa shape index (κ2) is 2.57. The number of nitrogens with one attached hydrogen (secondary N) is 1. The quantitative estimate of drug-likeness (QED) is 0.677. The van der Waals surface area contributed by atoms with Crippen molar-refractivity contribution in [3.05, 3.63) is 23.0 Å². The second-order valence-electron chi connectivity index (χ2n) is 2.29. The van der Waals surface area contributed by atoms with Crippen LogP contribution in [0.1, 0.15) is 10.4 Å². The van der Waals surface area contributed by atoms with Gasteiger partial charge in [0.05, 0.1) is 0 Å². The number of carbonyl (C=O) groups is 1. The van der Waals surface area contributed by atoms with Crippen molar-refractivity contribution in [1.29, 1.82) is 0 Å². The summed E-state index contributed by atoms with van der Waals surface area (Å²) in [5.74, 6) is 0. The first-order valence-electron chi connectivity index (χ1n) is 3.27. The molecule has 2 heterocycles. The number of H-pyrrole nitrogens is 1. The van der Waals surface area contributed by atoms with Crippen LogP contribution in [0, 0.1) is 0 Å². The van der Waals surface area contributed by atoms with Crippen molar-refractivity contribution in [3.63, 3.8) is 0 Å². The molecule has 0 fully saturated rings. The van der Waals surface area contributed by atoms with E-state index in [0.29, 0.717) is 16.6 Å². The third-order valence-electron chi connectivity index (χ3n) is 1.57. The minimum absolute atomic E-state index is 0.283. The van der Waals surface area contributed by atoms with E-state index in [1.54, 1.807) is 12.3 Å². The Labute approximate surface area is 72.6 Å². The molecule has 2 aromatic heterocycles. The molecule has 4 nitrogen and oxygen atoms in total. The molecule has 0 aromatic carbocycles. The standard InChI is InChI=1S/C7H4ClN3O/c8-6-1-5-4(3-12)2-9-7(5)11-10-6/h1-3H,(H,9,11). The molecular formula is C7H4ClN3O. The Morgan fingerprint density at radius 1 is 1.50 bits per heavy atom. The lowest BCUT2D eigenvalue weighted by Gasteiger charge is -1.88. The minimum atomic E-state index is 0.283. The molecule has 2 rings (SSSR count). The molecule has 0 spiro atoms. The fourth-order valence-corrected chi connectivity index (χ4v) is 1.16. The van der Waals surface area contributed by atoms with Gasteiger partial charge in [0.1, 0.15) is 0 Å². The smallest absolute Gasteiger partial charge is 0.160 e. The third kappa shape index (κ3) is 0.967. The number of rotatable bonds is 1.